The highest BCUT2D eigenvalue weighted by Crippen LogP contribution is 2.30. The molecular weight excluding hydrogens is 260 g/mol. The lowest BCUT2D eigenvalue weighted by Crippen LogP contribution is -2.49. The Labute approximate surface area is 127 Å². The van der Waals surface area contributed by atoms with Crippen LogP contribution in [0.4, 0.5) is 5.69 Å². The van der Waals surface area contributed by atoms with Crippen LogP contribution in [0.2, 0.25) is 0 Å². The lowest BCUT2D eigenvalue weighted by atomic mass is 9.79. The van der Waals surface area contributed by atoms with Crippen LogP contribution < -0.4 is 10.6 Å². The smallest absolute Gasteiger partial charge is 0.241 e. The van der Waals surface area contributed by atoms with E-state index in [1.807, 2.05) is 18.2 Å². The van der Waals surface area contributed by atoms with Gasteiger partial charge in [0.05, 0.1) is 6.04 Å². The van der Waals surface area contributed by atoms with Gasteiger partial charge < -0.3 is 10.6 Å². The largest absolute Gasteiger partial charge is 0.324 e. The Morgan fingerprint density at radius 3 is 2.76 bits per heavy atom. The first-order valence-electron chi connectivity index (χ1n) is 8.28. The Hall–Kier alpha value is -1.35. The molecule has 1 aromatic rings. The minimum Gasteiger partial charge on any atom is -0.324 e. The highest BCUT2D eigenvalue weighted by Gasteiger charge is 2.30. The number of hydrogen-bond donors (Lipinski definition) is 2. The van der Waals surface area contributed by atoms with Crippen molar-refractivity contribution in [3.8, 4) is 0 Å². The van der Waals surface area contributed by atoms with Gasteiger partial charge in [0.1, 0.15) is 0 Å². The molecule has 1 amide bonds. The van der Waals surface area contributed by atoms with E-state index in [0.717, 1.165) is 24.4 Å². The molecule has 1 saturated carbocycles. The Balaban J connectivity index is 1.66. The van der Waals surface area contributed by atoms with Crippen LogP contribution in [-0.4, -0.2) is 18.0 Å². The van der Waals surface area contributed by atoms with Gasteiger partial charge >= 0.3 is 0 Å². The molecular formula is C18H26N2O. The third-order valence-electron chi connectivity index (χ3n) is 5.14. The summed E-state index contributed by atoms with van der Waals surface area (Å²) in [4.78, 5) is 12.4. The maximum absolute atomic E-state index is 12.4. The third kappa shape index (κ3) is 3.29. The van der Waals surface area contributed by atoms with Crippen LogP contribution in [0, 0.1) is 11.8 Å². The van der Waals surface area contributed by atoms with E-state index in [-0.39, 0.29) is 11.9 Å². The molecule has 2 N–H and O–H groups in total. The highest BCUT2D eigenvalue weighted by atomic mass is 16.2. The van der Waals surface area contributed by atoms with E-state index in [1.54, 1.807) is 0 Å². The molecule has 1 aromatic carbocycles. The average Bonchev–Trinajstić information content (AvgIpc) is 2.61. The number of carbonyl (C=O) groups excluding carboxylic acids is 1. The first-order valence-corrected chi connectivity index (χ1v) is 8.28. The number of para-hydroxylation sites is 1. The van der Waals surface area contributed by atoms with E-state index in [4.69, 9.17) is 0 Å². The van der Waals surface area contributed by atoms with Crippen LogP contribution in [0.15, 0.2) is 24.3 Å². The quantitative estimate of drug-likeness (QED) is 0.875. The van der Waals surface area contributed by atoms with Gasteiger partial charge in [0.15, 0.2) is 0 Å². The SMILES string of the molecule is CC1CCC(NC2CCc3ccccc3NC2=O)C(C)C1. The van der Waals surface area contributed by atoms with Crippen molar-refractivity contribution in [3.63, 3.8) is 0 Å². The fourth-order valence-corrected chi connectivity index (χ4v) is 3.84. The molecule has 1 fully saturated rings. The number of nitrogens with one attached hydrogen (secondary N) is 2. The van der Waals surface area contributed by atoms with Gasteiger partial charge in [-0.1, -0.05) is 32.0 Å². The maximum atomic E-state index is 12.4. The summed E-state index contributed by atoms with van der Waals surface area (Å²) >= 11 is 0. The standard InChI is InChI=1S/C18H26N2O/c1-12-7-9-15(13(2)11-12)19-17-10-8-14-5-3-4-6-16(14)20-18(17)21/h3-6,12-13,15,17,19H,7-11H2,1-2H3,(H,20,21). The molecule has 0 saturated heterocycles. The highest BCUT2D eigenvalue weighted by molar-refractivity contribution is 5.96. The predicted octanol–water partition coefficient (Wildman–Crippen LogP) is 3.35. The topological polar surface area (TPSA) is 41.1 Å². The summed E-state index contributed by atoms with van der Waals surface area (Å²) in [5.74, 6) is 1.61. The molecule has 2 aliphatic rings. The summed E-state index contributed by atoms with van der Waals surface area (Å²) < 4.78 is 0. The van der Waals surface area contributed by atoms with E-state index in [9.17, 15) is 4.79 Å². The summed E-state index contributed by atoms with van der Waals surface area (Å²) in [6, 6.07) is 8.57. The molecule has 0 aromatic heterocycles. The molecule has 4 unspecified atom stereocenters. The van der Waals surface area contributed by atoms with Crippen LogP contribution >= 0.6 is 0 Å². The van der Waals surface area contributed by atoms with Gasteiger partial charge in [-0.15, -0.1) is 0 Å². The van der Waals surface area contributed by atoms with Gasteiger partial charge in [0.25, 0.3) is 0 Å². The minimum atomic E-state index is -0.0572. The number of amides is 1. The summed E-state index contributed by atoms with van der Waals surface area (Å²) in [7, 11) is 0. The second-order valence-electron chi connectivity index (χ2n) is 6.91. The number of fused-ring (bicyclic) bond motifs is 1. The zero-order valence-corrected chi connectivity index (χ0v) is 13.1. The second kappa shape index (κ2) is 6.18. The molecule has 3 nitrogen and oxygen atoms in total. The van der Waals surface area contributed by atoms with Crippen LogP contribution in [0.1, 0.15) is 45.1 Å². The molecule has 3 heteroatoms. The van der Waals surface area contributed by atoms with Crippen molar-refractivity contribution in [2.45, 2.75) is 58.0 Å². The molecule has 114 valence electrons. The van der Waals surface area contributed by atoms with Crippen LogP contribution in [0.25, 0.3) is 0 Å². The Kier molecular flexibility index (Phi) is 4.29. The van der Waals surface area contributed by atoms with E-state index in [0.29, 0.717) is 12.0 Å². The fraction of sp³-hybridized carbons (Fsp3) is 0.611. The lowest BCUT2D eigenvalue weighted by molar-refractivity contribution is -0.118. The van der Waals surface area contributed by atoms with Crippen molar-refractivity contribution >= 4 is 11.6 Å². The van der Waals surface area contributed by atoms with Crippen LogP contribution in [-0.2, 0) is 11.2 Å². The second-order valence-corrected chi connectivity index (χ2v) is 6.91. The molecule has 3 rings (SSSR count). The van der Waals surface area contributed by atoms with Gasteiger partial charge in [-0.2, -0.15) is 0 Å². The minimum absolute atomic E-state index is 0.0572. The molecule has 4 atom stereocenters. The van der Waals surface area contributed by atoms with E-state index < -0.39 is 0 Å². The van der Waals surface area contributed by atoms with Gasteiger partial charge in [-0.25, -0.2) is 0 Å². The number of benzene rings is 1. The van der Waals surface area contributed by atoms with Crippen molar-refractivity contribution in [2.75, 3.05) is 5.32 Å². The van der Waals surface area contributed by atoms with Crippen molar-refractivity contribution in [3.05, 3.63) is 29.8 Å². The molecule has 1 aliphatic carbocycles. The molecule has 0 spiro atoms. The number of rotatable bonds is 2. The zero-order chi connectivity index (χ0) is 14.8. The number of carbonyl (C=O) groups is 1. The summed E-state index contributed by atoms with van der Waals surface area (Å²) in [5, 5.41) is 6.72. The number of hydrogen-bond acceptors (Lipinski definition) is 2. The van der Waals surface area contributed by atoms with Gasteiger partial charge in [0.2, 0.25) is 5.91 Å². The van der Waals surface area contributed by atoms with Crippen LogP contribution in [0.3, 0.4) is 0 Å². The number of aryl methyl sites for hydroxylation is 1. The normalized spacial score (nSPS) is 33.0. The average molecular weight is 286 g/mol. The van der Waals surface area contributed by atoms with Gasteiger partial charge in [-0.3, -0.25) is 4.79 Å². The van der Waals surface area contributed by atoms with Gasteiger partial charge in [0, 0.05) is 11.7 Å². The van der Waals surface area contributed by atoms with Crippen molar-refractivity contribution < 1.29 is 4.79 Å². The third-order valence-corrected chi connectivity index (χ3v) is 5.14. The molecule has 1 heterocycles. The predicted molar refractivity (Wildman–Crippen MR) is 86.3 cm³/mol. The monoisotopic (exact) mass is 286 g/mol. The first kappa shape index (κ1) is 14.6. The fourth-order valence-electron chi connectivity index (χ4n) is 3.84. The summed E-state index contributed by atoms with van der Waals surface area (Å²) in [6.07, 6.45) is 5.59. The zero-order valence-electron chi connectivity index (χ0n) is 13.1. The van der Waals surface area contributed by atoms with Crippen LogP contribution in [0.5, 0.6) is 0 Å². The molecule has 1 aliphatic heterocycles. The first-order chi connectivity index (χ1) is 10.1. The molecule has 0 bridgehead atoms. The molecule has 21 heavy (non-hydrogen) atoms. The van der Waals surface area contributed by atoms with Gasteiger partial charge in [-0.05, 0) is 55.6 Å². The van der Waals surface area contributed by atoms with E-state index in [2.05, 4.69) is 30.5 Å². The lowest BCUT2D eigenvalue weighted by Gasteiger charge is -2.35. The van der Waals surface area contributed by atoms with Crippen molar-refractivity contribution in [1.82, 2.24) is 5.32 Å². The Morgan fingerprint density at radius 1 is 1.14 bits per heavy atom. The Morgan fingerprint density at radius 2 is 1.95 bits per heavy atom. The summed E-state index contributed by atoms with van der Waals surface area (Å²) in [5.41, 5.74) is 2.23. The molecule has 0 radical (unpaired) electrons. The maximum Gasteiger partial charge on any atom is 0.241 e. The van der Waals surface area contributed by atoms with E-state index >= 15 is 0 Å². The Bertz CT molecular complexity index is 514. The van der Waals surface area contributed by atoms with Crippen molar-refractivity contribution in [1.29, 1.82) is 0 Å². The van der Waals surface area contributed by atoms with E-state index in [1.165, 1.54) is 24.8 Å². The summed E-state index contributed by atoms with van der Waals surface area (Å²) in [6.45, 7) is 4.65. The van der Waals surface area contributed by atoms with Crippen molar-refractivity contribution in [2.24, 2.45) is 11.8 Å². The number of anilines is 1.